The summed E-state index contributed by atoms with van der Waals surface area (Å²) in [5.74, 6) is -0.706. The molecule has 2 N–H and O–H groups in total. The number of hydrogen-bond donors (Lipinski definition) is 2. The summed E-state index contributed by atoms with van der Waals surface area (Å²) in [6.07, 6.45) is 0. The quantitative estimate of drug-likeness (QED) is 0.618. The molecule has 1 aromatic carbocycles. The zero-order valence-electron chi connectivity index (χ0n) is 15.7. The van der Waals surface area contributed by atoms with Crippen LogP contribution >= 0.6 is 0 Å². The van der Waals surface area contributed by atoms with Crippen molar-refractivity contribution in [3.05, 3.63) is 35.9 Å². The van der Waals surface area contributed by atoms with E-state index in [9.17, 15) is 13.2 Å². The average molecular weight is 422 g/mol. The first-order valence-corrected chi connectivity index (χ1v) is 9.56. The van der Waals surface area contributed by atoms with Crippen LogP contribution in [0.1, 0.15) is 10.4 Å². The Labute approximate surface area is 166 Å². The number of hydrazine groups is 2. The largest absolute Gasteiger partial charge is 0.481 e. The highest BCUT2D eigenvalue weighted by Gasteiger charge is 2.38. The van der Waals surface area contributed by atoms with Crippen molar-refractivity contribution in [2.75, 3.05) is 32.9 Å². The Balaban J connectivity index is 1.96. The summed E-state index contributed by atoms with van der Waals surface area (Å²) in [5, 5.41) is 9.35. The third-order valence-electron chi connectivity index (χ3n) is 3.90. The number of hydrogen-bond acceptors (Lipinski definition) is 11. The molecule has 3 rings (SSSR count). The average Bonchev–Trinajstić information content (AvgIpc) is 3.15. The van der Waals surface area contributed by atoms with Crippen LogP contribution in [0.4, 0.5) is 5.95 Å². The molecule has 0 atom stereocenters. The number of nitrogens with zero attached hydrogens (tertiary/aromatic N) is 4. The van der Waals surface area contributed by atoms with E-state index < -0.39 is 16.0 Å². The molecule has 0 saturated carbocycles. The number of nitrogens with one attached hydrogen (secondary N) is 2. The molecule has 2 aromatic rings. The predicted octanol–water partition coefficient (Wildman–Crippen LogP) is 0.188. The molecule has 1 aromatic heterocycles. The zero-order valence-corrected chi connectivity index (χ0v) is 16.6. The maximum absolute atomic E-state index is 13.1. The van der Waals surface area contributed by atoms with E-state index in [0.717, 1.165) is 7.11 Å². The van der Waals surface area contributed by atoms with Gasteiger partial charge in [0.15, 0.2) is 5.84 Å². The zero-order chi connectivity index (χ0) is 21.2. The van der Waals surface area contributed by atoms with Gasteiger partial charge in [0.25, 0.3) is 10.0 Å². The maximum Gasteiger partial charge on any atom is 0.339 e. The van der Waals surface area contributed by atoms with Crippen LogP contribution in [-0.4, -0.2) is 62.5 Å². The standard InChI is InChI=1S/C16H18N6O6S/c1-26-13-8-14(27-2)19-16(18-13)21-9-12(17)22(20-21)29(24,25)11-7-5-4-6-10(11)15(23)28-3/h4-8,17,20H,9H2,1-3H3. The van der Waals surface area contributed by atoms with E-state index >= 15 is 0 Å². The smallest absolute Gasteiger partial charge is 0.339 e. The summed E-state index contributed by atoms with van der Waals surface area (Å²) >= 11 is 0. The topological polar surface area (TPSA) is 147 Å². The number of esters is 1. The predicted molar refractivity (Wildman–Crippen MR) is 100 cm³/mol. The number of anilines is 1. The van der Waals surface area contributed by atoms with Gasteiger partial charge >= 0.3 is 5.97 Å². The van der Waals surface area contributed by atoms with Gasteiger partial charge in [-0.2, -0.15) is 22.8 Å². The lowest BCUT2D eigenvalue weighted by Gasteiger charge is -2.21. The second-order valence-corrected chi connectivity index (χ2v) is 7.40. The highest BCUT2D eigenvalue weighted by Crippen LogP contribution is 2.25. The van der Waals surface area contributed by atoms with Crippen LogP contribution in [0.25, 0.3) is 0 Å². The second-order valence-electron chi connectivity index (χ2n) is 5.64. The number of rotatable bonds is 6. The van der Waals surface area contributed by atoms with Gasteiger partial charge in [0.2, 0.25) is 17.7 Å². The van der Waals surface area contributed by atoms with Gasteiger partial charge in [0.1, 0.15) is 4.90 Å². The molecule has 0 aliphatic carbocycles. The fraction of sp³-hybridized carbons (Fsp3) is 0.250. The minimum atomic E-state index is -4.31. The number of aromatic nitrogens is 2. The molecule has 0 amide bonds. The molecule has 2 heterocycles. The van der Waals surface area contributed by atoms with Crippen LogP contribution < -0.4 is 20.0 Å². The fourth-order valence-corrected chi connectivity index (χ4v) is 3.95. The van der Waals surface area contributed by atoms with Gasteiger partial charge in [-0.05, 0) is 12.1 Å². The monoisotopic (exact) mass is 422 g/mol. The lowest BCUT2D eigenvalue weighted by molar-refractivity contribution is 0.0596. The number of methoxy groups -OCH3 is 3. The van der Waals surface area contributed by atoms with Crippen molar-refractivity contribution in [1.29, 1.82) is 5.41 Å². The van der Waals surface area contributed by atoms with Crippen LogP contribution in [-0.2, 0) is 14.8 Å². The molecule has 1 aliphatic rings. The first-order chi connectivity index (χ1) is 13.8. The van der Waals surface area contributed by atoms with E-state index in [0.29, 0.717) is 4.41 Å². The van der Waals surface area contributed by atoms with Crippen molar-refractivity contribution in [3.63, 3.8) is 0 Å². The SMILES string of the molecule is COC(=O)c1ccccc1S(=O)(=O)N1NN(c2nc(OC)cc(OC)n2)CC1=N. The lowest BCUT2D eigenvalue weighted by Crippen LogP contribution is -2.45. The first kappa shape index (κ1) is 20.3. The Morgan fingerprint density at radius 3 is 2.34 bits per heavy atom. The molecule has 0 radical (unpaired) electrons. The van der Waals surface area contributed by atoms with Crippen LogP contribution in [0.3, 0.4) is 0 Å². The van der Waals surface area contributed by atoms with Crippen LogP contribution in [0, 0.1) is 5.41 Å². The summed E-state index contributed by atoms with van der Waals surface area (Å²) in [5.41, 5.74) is 2.40. The molecule has 0 spiro atoms. The summed E-state index contributed by atoms with van der Waals surface area (Å²) in [4.78, 5) is 19.9. The number of carbonyl (C=O) groups excluding carboxylic acids is 1. The summed E-state index contributed by atoms with van der Waals surface area (Å²) in [7, 11) is -0.342. The van der Waals surface area contributed by atoms with Crippen LogP contribution in [0.5, 0.6) is 11.8 Å². The van der Waals surface area contributed by atoms with E-state index in [-0.39, 0.29) is 40.5 Å². The minimum absolute atomic E-state index is 0.0323. The molecule has 154 valence electrons. The third-order valence-corrected chi connectivity index (χ3v) is 5.60. The van der Waals surface area contributed by atoms with Gasteiger partial charge in [0, 0.05) is 0 Å². The van der Waals surface area contributed by atoms with Gasteiger partial charge in [-0.15, -0.1) is 5.53 Å². The number of sulfonamides is 1. The lowest BCUT2D eigenvalue weighted by atomic mass is 10.2. The Hall–Kier alpha value is -3.45. The van der Waals surface area contributed by atoms with Crippen molar-refractivity contribution < 1.29 is 27.4 Å². The molecule has 1 aliphatic heterocycles. The van der Waals surface area contributed by atoms with Crippen LogP contribution in [0.15, 0.2) is 35.2 Å². The molecular weight excluding hydrogens is 404 g/mol. The summed E-state index contributed by atoms with van der Waals surface area (Å²) in [6.45, 7) is -0.171. The molecule has 1 fully saturated rings. The van der Waals surface area contributed by atoms with Crippen molar-refractivity contribution in [2.24, 2.45) is 0 Å². The maximum atomic E-state index is 13.1. The molecule has 0 bridgehead atoms. The van der Waals surface area contributed by atoms with E-state index in [2.05, 4.69) is 20.2 Å². The van der Waals surface area contributed by atoms with Crippen molar-refractivity contribution >= 4 is 27.8 Å². The number of benzene rings is 1. The summed E-state index contributed by atoms with van der Waals surface area (Å²) < 4.78 is 41.7. The van der Waals surface area contributed by atoms with Gasteiger partial charge in [0.05, 0.1) is 39.5 Å². The molecule has 29 heavy (non-hydrogen) atoms. The van der Waals surface area contributed by atoms with Gasteiger partial charge in [-0.1, -0.05) is 12.1 Å². The third kappa shape index (κ3) is 3.77. The second kappa shape index (κ2) is 7.89. The van der Waals surface area contributed by atoms with Crippen molar-refractivity contribution in [1.82, 2.24) is 19.9 Å². The van der Waals surface area contributed by atoms with Gasteiger partial charge < -0.3 is 14.2 Å². The molecular formula is C16H18N6O6S. The Kier molecular flexibility index (Phi) is 5.52. The molecule has 12 nitrogen and oxygen atoms in total. The molecule has 13 heteroatoms. The number of amidine groups is 1. The van der Waals surface area contributed by atoms with Crippen molar-refractivity contribution in [2.45, 2.75) is 4.90 Å². The fourth-order valence-electron chi connectivity index (χ4n) is 2.52. The van der Waals surface area contributed by atoms with E-state index in [1.54, 1.807) is 0 Å². The van der Waals surface area contributed by atoms with Crippen LogP contribution in [0.2, 0.25) is 0 Å². The van der Waals surface area contributed by atoms with E-state index in [1.807, 2.05) is 0 Å². The first-order valence-electron chi connectivity index (χ1n) is 8.12. The number of carbonyl (C=O) groups is 1. The van der Waals surface area contributed by atoms with Gasteiger partial charge in [-0.3, -0.25) is 5.41 Å². The normalized spacial score (nSPS) is 14.1. The number of ether oxygens (including phenoxy) is 3. The molecule has 0 unspecified atom stereocenters. The highest BCUT2D eigenvalue weighted by molar-refractivity contribution is 7.89. The van der Waals surface area contributed by atoms with Gasteiger partial charge in [-0.25, -0.2) is 9.80 Å². The molecule has 1 saturated heterocycles. The summed E-state index contributed by atoms with van der Waals surface area (Å²) in [6, 6.07) is 7.01. The van der Waals surface area contributed by atoms with E-state index in [1.165, 1.54) is 49.6 Å². The van der Waals surface area contributed by atoms with E-state index in [4.69, 9.17) is 14.9 Å². The Morgan fingerprint density at radius 2 is 1.76 bits per heavy atom. The highest BCUT2D eigenvalue weighted by atomic mass is 32.2. The van der Waals surface area contributed by atoms with Crippen molar-refractivity contribution in [3.8, 4) is 11.8 Å². The minimum Gasteiger partial charge on any atom is -0.481 e. The Bertz CT molecular complexity index is 1040. The Morgan fingerprint density at radius 1 is 1.14 bits per heavy atom.